The molecule has 0 heterocycles. The highest BCUT2D eigenvalue weighted by Crippen LogP contribution is 2.69. The van der Waals surface area contributed by atoms with E-state index in [1.54, 1.807) is 60.7 Å². The summed E-state index contributed by atoms with van der Waals surface area (Å²) in [6.07, 6.45) is 0. The van der Waals surface area contributed by atoms with E-state index in [1.807, 2.05) is 0 Å². The Morgan fingerprint density at radius 1 is 0.963 bits per heavy atom. The van der Waals surface area contributed by atoms with Gasteiger partial charge in [0.15, 0.2) is 0 Å². The molecule has 2 rings (SSSR count). The highest BCUT2D eigenvalue weighted by Gasteiger charge is 2.55. The van der Waals surface area contributed by atoms with E-state index >= 15 is 8.78 Å². The number of hydrogen-bond acceptors (Lipinski definition) is 4. The molecule has 0 N–H and O–H groups in total. The van der Waals surface area contributed by atoms with E-state index in [-0.39, 0.29) is 34.9 Å². The van der Waals surface area contributed by atoms with E-state index in [2.05, 4.69) is 0 Å². The summed E-state index contributed by atoms with van der Waals surface area (Å²) >= 11 is 6.56. The Hall–Kier alpha value is -1.17. The van der Waals surface area contributed by atoms with Gasteiger partial charge in [-0.1, -0.05) is 72.3 Å². The fraction of sp³-hybridized carbons (Fsp3) is 0.263. The molecular weight excluding hydrogens is 413 g/mol. The molecule has 2 aromatic carbocycles. The number of hydrogen-bond donors (Lipinski definition) is 0. The van der Waals surface area contributed by atoms with E-state index < -0.39 is 12.6 Å². The van der Waals surface area contributed by atoms with Gasteiger partial charge in [-0.25, -0.2) is 0 Å². The first-order valence-electron chi connectivity index (χ1n) is 8.31. The zero-order chi connectivity index (χ0) is 19.9. The predicted molar refractivity (Wildman–Crippen MR) is 109 cm³/mol. The molecule has 0 saturated carbocycles. The molecule has 0 spiro atoms. The van der Waals surface area contributed by atoms with Crippen LogP contribution in [0.4, 0.5) is 8.78 Å². The van der Waals surface area contributed by atoms with Gasteiger partial charge in [-0.2, -0.15) is 8.78 Å². The van der Waals surface area contributed by atoms with Gasteiger partial charge >= 0.3 is 12.6 Å². The fourth-order valence-corrected chi connectivity index (χ4v) is 5.39. The number of rotatable bonds is 9. The Balaban J connectivity index is 2.54. The third kappa shape index (κ3) is 5.43. The van der Waals surface area contributed by atoms with E-state index in [4.69, 9.17) is 20.6 Å². The van der Waals surface area contributed by atoms with Gasteiger partial charge in [-0.05, 0) is 36.7 Å². The van der Waals surface area contributed by atoms with Crippen LogP contribution in [0.3, 0.4) is 0 Å². The largest absolute Gasteiger partial charge is 0.410 e. The van der Waals surface area contributed by atoms with Crippen LogP contribution in [-0.2, 0) is 13.6 Å². The molecule has 146 valence electrons. The minimum absolute atomic E-state index is 0.0908. The van der Waals surface area contributed by atoms with Gasteiger partial charge in [0.25, 0.3) is 0 Å². The molecule has 0 aliphatic rings. The van der Waals surface area contributed by atoms with Crippen molar-refractivity contribution in [1.29, 1.82) is 0 Å². The molecule has 0 aromatic heterocycles. The van der Waals surface area contributed by atoms with Crippen LogP contribution in [0.5, 0.6) is 0 Å². The van der Waals surface area contributed by atoms with E-state index in [9.17, 15) is 4.57 Å². The Bertz CT molecular complexity index is 806. The van der Waals surface area contributed by atoms with Crippen LogP contribution in [0.2, 0.25) is 0 Å². The molecule has 0 amide bonds. The molecule has 0 atom stereocenters. The average molecular weight is 433 g/mol. The summed E-state index contributed by atoms with van der Waals surface area (Å²) in [5, 5.41) is 0.131. The van der Waals surface area contributed by atoms with Gasteiger partial charge in [-0.3, -0.25) is 4.57 Å². The maximum atomic E-state index is 15.0. The van der Waals surface area contributed by atoms with Crippen molar-refractivity contribution in [1.82, 2.24) is 0 Å². The normalized spacial score (nSPS) is 13.4. The van der Waals surface area contributed by atoms with Crippen LogP contribution in [-0.4, -0.2) is 18.2 Å². The quantitative estimate of drug-likeness (QED) is 0.307. The van der Waals surface area contributed by atoms with Crippen LogP contribution in [0.25, 0.3) is 9.94 Å². The molecular formula is C19H20ClF2O3PS. The first-order valence-corrected chi connectivity index (χ1v) is 11.0. The Morgan fingerprint density at radius 3 is 1.85 bits per heavy atom. The average Bonchev–Trinajstić information content (AvgIpc) is 2.67. The molecule has 2 aromatic rings. The lowest BCUT2D eigenvalue weighted by atomic mass is 10.1. The second-order valence-electron chi connectivity index (χ2n) is 5.30. The van der Waals surface area contributed by atoms with E-state index in [0.717, 1.165) is 0 Å². The fourth-order valence-electron chi connectivity index (χ4n) is 2.24. The number of alkyl halides is 2. The van der Waals surface area contributed by atoms with Crippen LogP contribution in [0, 0.1) is 0 Å². The summed E-state index contributed by atoms with van der Waals surface area (Å²) in [5.74, 6) is 0. The van der Waals surface area contributed by atoms with Crippen molar-refractivity contribution in [3.05, 3.63) is 71.8 Å². The molecule has 8 heteroatoms. The molecule has 27 heavy (non-hydrogen) atoms. The summed E-state index contributed by atoms with van der Waals surface area (Å²) < 4.78 is 52.4. The maximum Gasteiger partial charge on any atom is 0.410 e. The Morgan fingerprint density at radius 2 is 1.41 bits per heavy atom. The molecule has 0 fully saturated rings. The van der Waals surface area contributed by atoms with Crippen molar-refractivity contribution in [2.45, 2.75) is 18.8 Å². The molecule has 0 bridgehead atoms. The second-order valence-corrected chi connectivity index (χ2v) is 9.17. The number of benzene rings is 2. The van der Waals surface area contributed by atoms with Crippen molar-refractivity contribution in [3.63, 3.8) is 0 Å². The third-order valence-corrected chi connectivity index (χ3v) is 7.59. The van der Waals surface area contributed by atoms with Gasteiger partial charge < -0.3 is 9.05 Å². The first kappa shape index (κ1) is 22.1. The van der Waals surface area contributed by atoms with Gasteiger partial charge in [0.1, 0.15) is 0 Å². The molecule has 0 unspecified atom stereocenters. The molecule has 3 nitrogen and oxygen atoms in total. The summed E-state index contributed by atoms with van der Waals surface area (Å²) in [6, 6.07) is 17.3. The zero-order valence-electron chi connectivity index (χ0n) is 14.9. The highest BCUT2D eigenvalue weighted by atomic mass is 35.5. The van der Waals surface area contributed by atoms with Crippen molar-refractivity contribution < 1.29 is 22.4 Å². The third-order valence-electron chi connectivity index (χ3n) is 3.40. The summed E-state index contributed by atoms with van der Waals surface area (Å²) in [6.45, 7) is 2.64. The first-order chi connectivity index (χ1) is 12.8. The van der Waals surface area contributed by atoms with Crippen molar-refractivity contribution >= 4 is 40.9 Å². The van der Waals surface area contributed by atoms with Crippen LogP contribution >= 0.6 is 31.0 Å². The minimum Gasteiger partial charge on any atom is -0.304 e. The Labute approximate surface area is 167 Å². The van der Waals surface area contributed by atoms with E-state index in [0.29, 0.717) is 11.1 Å². The summed E-state index contributed by atoms with van der Waals surface area (Å²) in [4.78, 5) is -3.73. The minimum atomic E-state index is -4.69. The summed E-state index contributed by atoms with van der Waals surface area (Å²) in [5.41, 5.74) is 1.06. The van der Waals surface area contributed by atoms with Gasteiger partial charge in [0.2, 0.25) is 0 Å². The maximum absolute atomic E-state index is 15.0. The van der Waals surface area contributed by atoms with Gasteiger partial charge in [-0.15, -0.1) is 0 Å². The van der Waals surface area contributed by atoms with Crippen molar-refractivity contribution in [2.75, 3.05) is 13.2 Å². The molecule has 0 radical (unpaired) electrons. The number of thioether (sulfide) groups is 1. The topological polar surface area (TPSA) is 35.5 Å². The highest BCUT2D eigenvalue weighted by molar-refractivity contribution is 8.14. The van der Waals surface area contributed by atoms with Gasteiger partial charge in [0, 0.05) is 4.91 Å². The van der Waals surface area contributed by atoms with E-state index in [1.165, 1.54) is 13.8 Å². The molecule has 0 aliphatic carbocycles. The Kier molecular flexibility index (Phi) is 8.07. The predicted octanol–water partition coefficient (Wildman–Crippen LogP) is 7.30. The number of halogens is 3. The van der Waals surface area contributed by atoms with Crippen molar-refractivity contribution in [2.24, 2.45) is 0 Å². The molecule has 0 aliphatic heterocycles. The van der Waals surface area contributed by atoms with Gasteiger partial charge in [0.05, 0.1) is 18.2 Å². The SMILES string of the molecule is CCOP(=O)(OCC)C(F)(F)S/C(=C(/Cl)c1ccccc1)c1ccccc1. The smallest absolute Gasteiger partial charge is 0.304 e. The zero-order valence-corrected chi connectivity index (χ0v) is 17.4. The van der Waals surface area contributed by atoms with Crippen LogP contribution in [0.15, 0.2) is 60.7 Å². The summed E-state index contributed by atoms with van der Waals surface area (Å²) in [7, 11) is -4.69. The monoisotopic (exact) mass is 432 g/mol. The lowest BCUT2D eigenvalue weighted by Crippen LogP contribution is -2.16. The van der Waals surface area contributed by atoms with Crippen LogP contribution < -0.4 is 0 Å². The molecule has 0 saturated heterocycles. The van der Waals surface area contributed by atoms with Crippen LogP contribution in [0.1, 0.15) is 25.0 Å². The standard InChI is InChI=1S/C19H20ClF2O3PS/c1-3-24-26(23,25-4-2)19(21,22)27-18(16-13-9-6-10-14-16)17(20)15-11-7-5-8-12-15/h5-14H,3-4H2,1-2H3/b18-17+. The lowest BCUT2D eigenvalue weighted by Gasteiger charge is -2.26. The second kappa shape index (κ2) is 9.85. The van der Waals surface area contributed by atoms with Crippen molar-refractivity contribution in [3.8, 4) is 0 Å². The lowest BCUT2D eigenvalue weighted by molar-refractivity contribution is 0.113.